The van der Waals surface area contributed by atoms with E-state index in [1.807, 2.05) is 0 Å². The molecule has 0 saturated carbocycles. The van der Waals surface area contributed by atoms with E-state index >= 15 is 0 Å². The molecule has 0 aromatic heterocycles. The van der Waals surface area contributed by atoms with Crippen LogP contribution in [0, 0.1) is 0 Å². The normalized spacial score (nSPS) is 16.3. The van der Waals surface area contributed by atoms with E-state index in [0.29, 0.717) is 13.2 Å². The van der Waals surface area contributed by atoms with Crippen LogP contribution < -0.4 is 12.4 Å². The van der Waals surface area contributed by atoms with Crippen molar-refractivity contribution in [2.24, 2.45) is 0 Å². The molecule has 28 heavy (non-hydrogen) atoms. The van der Waals surface area contributed by atoms with Crippen LogP contribution in [0.1, 0.15) is 64.4 Å². The minimum Gasteiger partial charge on any atom is -1.00 e. The number of nitrogens with zero attached hydrogens (tertiary/aromatic N) is 1. The summed E-state index contributed by atoms with van der Waals surface area (Å²) in [5, 5.41) is 0. The smallest absolute Gasteiger partial charge is 0.361 e. The molecule has 0 aliphatic carbocycles. The molecule has 1 heterocycles. The molecule has 1 fully saturated rings. The van der Waals surface area contributed by atoms with Crippen molar-refractivity contribution in [2.45, 2.75) is 65.2 Å². The highest BCUT2D eigenvalue weighted by Gasteiger charge is 2.32. The quantitative estimate of drug-likeness (QED) is 0.243. The first-order valence-corrected chi connectivity index (χ1v) is 10.8. The number of ether oxygens (including phenoxy) is 1. The molecule has 1 aromatic carbocycles. The van der Waals surface area contributed by atoms with E-state index in [-0.39, 0.29) is 18.4 Å². The van der Waals surface area contributed by atoms with Gasteiger partial charge in [-0.2, -0.15) is 0 Å². The van der Waals surface area contributed by atoms with Crippen molar-refractivity contribution < 1.29 is 26.4 Å². The number of piperidine rings is 1. The molecular weight excluding hydrogens is 370 g/mol. The Morgan fingerprint density at radius 1 is 1.07 bits per heavy atom. The summed E-state index contributed by atoms with van der Waals surface area (Å²) in [5.74, 6) is -0.0116. The van der Waals surface area contributed by atoms with Crippen molar-refractivity contribution >= 4 is 5.97 Å². The Morgan fingerprint density at radius 3 is 2.46 bits per heavy atom. The molecule has 1 saturated heterocycles. The van der Waals surface area contributed by atoms with Crippen LogP contribution in [0.5, 0.6) is 0 Å². The summed E-state index contributed by atoms with van der Waals surface area (Å²) < 4.78 is 6.42. The highest BCUT2D eigenvalue weighted by molar-refractivity contribution is 5.70. The Morgan fingerprint density at radius 2 is 1.79 bits per heavy atom. The number of quaternary nitrogens is 1. The van der Waals surface area contributed by atoms with Gasteiger partial charge in [0.25, 0.3) is 0 Å². The molecule has 4 heteroatoms. The zero-order chi connectivity index (χ0) is 19.4. The van der Waals surface area contributed by atoms with Gasteiger partial charge in [0.15, 0.2) is 6.54 Å². The number of rotatable bonds is 11. The van der Waals surface area contributed by atoms with Gasteiger partial charge in [-0.15, -0.1) is 0 Å². The first kappa shape index (κ1) is 24.7. The minimum atomic E-state index is -0.0116. The van der Waals surface area contributed by atoms with Gasteiger partial charge < -0.3 is 21.6 Å². The van der Waals surface area contributed by atoms with Crippen LogP contribution in [0.4, 0.5) is 0 Å². The van der Waals surface area contributed by atoms with Crippen LogP contribution in [0.25, 0.3) is 0 Å². The van der Waals surface area contributed by atoms with Gasteiger partial charge in [0.1, 0.15) is 0 Å². The molecule has 0 bridgehead atoms. The summed E-state index contributed by atoms with van der Waals surface area (Å²) in [6, 6.07) is 10.6. The number of halogens is 1. The number of carbonyl (C=O) groups is 1. The largest absolute Gasteiger partial charge is 1.00 e. The van der Waals surface area contributed by atoms with Crippen LogP contribution >= 0.6 is 0 Å². The molecule has 1 aromatic rings. The standard InChI is InChI=1S/C24H38NO2.ClH/c1-3-4-5-12-19-27-24(26)21-25(16-10-7-11-17-25)18-15-22(2)20-23-13-8-6-9-14-23;/h6,8-9,13-15H,3-5,7,10-12,16-21H2,1-2H3;1H/q+1;/p-1/b22-15+;. The van der Waals surface area contributed by atoms with E-state index in [1.54, 1.807) is 0 Å². The van der Waals surface area contributed by atoms with E-state index in [4.69, 9.17) is 4.74 Å². The van der Waals surface area contributed by atoms with Crippen molar-refractivity contribution in [1.29, 1.82) is 0 Å². The topological polar surface area (TPSA) is 26.3 Å². The van der Waals surface area contributed by atoms with Gasteiger partial charge in [-0.3, -0.25) is 0 Å². The lowest BCUT2D eigenvalue weighted by atomic mass is 10.0. The predicted octanol–water partition coefficient (Wildman–Crippen LogP) is 2.30. The highest BCUT2D eigenvalue weighted by Crippen LogP contribution is 2.20. The second kappa shape index (κ2) is 13.8. The maximum Gasteiger partial charge on any atom is 0.361 e. The Kier molecular flexibility index (Phi) is 12.2. The second-order valence-electron chi connectivity index (χ2n) is 8.18. The van der Waals surface area contributed by atoms with Crippen molar-refractivity contribution in [3.8, 4) is 0 Å². The maximum atomic E-state index is 12.4. The molecule has 1 aliphatic rings. The van der Waals surface area contributed by atoms with Gasteiger partial charge in [0.2, 0.25) is 0 Å². The van der Waals surface area contributed by atoms with Crippen LogP contribution in [-0.2, 0) is 16.0 Å². The Hall–Kier alpha value is -1.32. The summed E-state index contributed by atoms with van der Waals surface area (Å²) in [6.07, 6.45) is 11.7. The monoisotopic (exact) mass is 407 g/mol. The molecule has 0 unspecified atom stereocenters. The van der Waals surface area contributed by atoms with E-state index in [0.717, 1.165) is 43.4 Å². The van der Waals surface area contributed by atoms with Gasteiger partial charge in [0.05, 0.1) is 26.2 Å². The van der Waals surface area contributed by atoms with Crippen molar-refractivity contribution in [2.75, 3.05) is 32.8 Å². The number of esters is 1. The van der Waals surface area contributed by atoms with Gasteiger partial charge in [-0.05, 0) is 50.7 Å². The molecule has 0 radical (unpaired) electrons. The number of unbranched alkanes of at least 4 members (excludes halogenated alkanes) is 3. The van der Waals surface area contributed by atoms with E-state index in [9.17, 15) is 4.79 Å². The van der Waals surface area contributed by atoms with Crippen LogP contribution in [0.15, 0.2) is 42.0 Å². The highest BCUT2D eigenvalue weighted by atomic mass is 35.5. The lowest BCUT2D eigenvalue weighted by Gasteiger charge is -2.40. The fraction of sp³-hybridized carbons (Fsp3) is 0.625. The van der Waals surface area contributed by atoms with Gasteiger partial charge >= 0.3 is 5.97 Å². The van der Waals surface area contributed by atoms with Gasteiger partial charge in [0, 0.05) is 0 Å². The summed E-state index contributed by atoms with van der Waals surface area (Å²) >= 11 is 0. The first-order chi connectivity index (χ1) is 13.1. The van der Waals surface area contributed by atoms with Crippen molar-refractivity contribution in [1.82, 2.24) is 0 Å². The zero-order valence-corrected chi connectivity index (χ0v) is 18.6. The fourth-order valence-corrected chi connectivity index (χ4v) is 3.96. The summed E-state index contributed by atoms with van der Waals surface area (Å²) in [7, 11) is 0. The van der Waals surface area contributed by atoms with Crippen LogP contribution in [0.3, 0.4) is 0 Å². The molecule has 0 atom stereocenters. The first-order valence-electron chi connectivity index (χ1n) is 10.8. The second-order valence-corrected chi connectivity index (χ2v) is 8.18. The zero-order valence-electron chi connectivity index (χ0n) is 17.8. The summed E-state index contributed by atoms with van der Waals surface area (Å²) in [6.45, 7) is 8.66. The molecule has 158 valence electrons. The Balaban J connectivity index is 0.00000392. The van der Waals surface area contributed by atoms with Crippen LogP contribution in [0.2, 0.25) is 0 Å². The third kappa shape index (κ3) is 9.25. The molecule has 0 N–H and O–H groups in total. The minimum absolute atomic E-state index is 0. The Bertz CT molecular complexity index is 580. The van der Waals surface area contributed by atoms with E-state index < -0.39 is 0 Å². The lowest BCUT2D eigenvalue weighted by Crippen LogP contribution is -3.00. The van der Waals surface area contributed by atoms with Crippen molar-refractivity contribution in [3.05, 3.63) is 47.5 Å². The number of allylic oxidation sites excluding steroid dienone is 1. The van der Waals surface area contributed by atoms with Crippen LogP contribution in [-0.4, -0.2) is 43.2 Å². The summed E-state index contributed by atoms with van der Waals surface area (Å²) in [5.41, 5.74) is 2.74. The lowest BCUT2D eigenvalue weighted by molar-refractivity contribution is -0.920. The maximum absolute atomic E-state index is 12.4. The number of carbonyl (C=O) groups excluding carboxylic acids is 1. The Labute approximate surface area is 178 Å². The van der Waals surface area contributed by atoms with E-state index in [1.165, 1.54) is 43.2 Å². The molecule has 3 nitrogen and oxygen atoms in total. The third-order valence-corrected chi connectivity index (χ3v) is 5.64. The molecule has 0 spiro atoms. The number of likely N-dealkylation sites (tertiary alicyclic amines) is 1. The summed E-state index contributed by atoms with van der Waals surface area (Å²) in [4.78, 5) is 12.4. The average Bonchev–Trinajstić information content (AvgIpc) is 2.68. The molecule has 0 amide bonds. The van der Waals surface area contributed by atoms with E-state index in [2.05, 4.69) is 50.3 Å². The number of hydrogen-bond acceptors (Lipinski definition) is 2. The van der Waals surface area contributed by atoms with Gasteiger partial charge in [-0.25, -0.2) is 4.79 Å². The predicted molar refractivity (Wildman–Crippen MR) is 113 cm³/mol. The van der Waals surface area contributed by atoms with Crippen molar-refractivity contribution in [3.63, 3.8) is 0 Å². The molecule has 2 rings (SSSR count). The molecular formula is C24H38ClNO2. The SMILES string of the molecule is CCCCCCOC(=O)C[N+]1(C/C=C(\C)Cc2ccccc2)CCCCC1.[Cl-]. The third-order valence-electron chi connectivity index (χ3n) is 5.64. The fourth-order valence-electron chi connectivity index (χ4n) is 3.96. The van der Waals surface area contributed by atoms with Gasteiger partial charge in [-0.1, -0.05) is 62.1 Å². The molecule has 1 aliphatic heterocycles. The number of hydrogen-bond donors (Lipinski definition) is 0. The average molecular weight is 408 g/mol. The number of benzene rings is 1.